The molecule has 1 aromatic carbocycles. The molecule has 1 aromatic heterocycles. The molecule has 2 atom stereocenters. The van der Waals surface area contributed by atoms with Crippen LogP contribution in [0.25, 0.3) is 0 Å². The van der Waals surface area contributed by atoms with Crippen molar-refractivity contribution in [3.8, 4) is 0 Å². The second kappa shape index (κ2) is 5.78. The van der Waals surface area contributed by atoms with Gasteiger partial charge >= 0.3 is 0 Å². The highest BCUT2D eigenvalue weighted by atomic mass is 32.2. The molecule has 3 aliphatic rings. The quantitative estimate of drug-likeness (QED) is 0.840. The van der Waals surface area contributed by atoms with Crippen molar-refractivity contribution in [2.45, 2.75) is 44.2 Å². The fourth-order valence-electron chi connectivity index (χ4n) is 3.85. The molecule has 25 heavy (non-hydrogen) atoms. The fraction of sp³-hybridized carbons (Fsp3) is 0.444. The van der Waals surface area contributed by atoms with E-state index in [0.29, 0.717) is 18.0 Å². The Hall–Kier alpha value is -1.99. The van der Waals surface area contributed by atoms with Gasteiger partial charge in [0.1, 0.15) is 11.6 Å². The van der Waals surface area contributed by atoms with Crippen molar-refractivity contribution < 1.29 is 8.42 Å². The second-order valence-corrected chi connectivity index (χ2v) is 8.85. The third-order valence-corrected chi connectivity index (χ3v) is 7.02. The van der Waals surface area contributed by atoms with E-state index >= 15 is 0 Å². The molecule has 0 aliphatic carbocycles. The highest BCUT2D eigenvalue weighted by Gasteiger charge is 2.51. The van der Waals surface area contributed by atoms with Crippen LogP contribution in [0.5, 0.6) is 0 Å². The summed E-state index contributed by atoms with van der Waals surface area (Å²) in [6.07, 6.45) is 0.921. The van der Waals surface area contributed by atoms with E-state index in [1.54, 1.807) is 16.4 Å². The number of aromatic nitrogens is 2. The van der Waals surface area contributed by atoms with E-state index < -0.39 is 10.0 Å². The lowest BCUT2D eigenvalue weighted by atomic mass is 9.91. The van der Waals surface area contributed by atoms with Crippen molar-refractivity contribution in [2.75, 3.05) is 18.0 Å². The second-order valence-electron chi connectivity index (χ2n) is 7.01. The summed E-state index contributed by atoms with van der Waals surface area (Å²) in [6.45, 7) is 7.15. The van der Waals surface area contributed by atoms with Gasteiger partial charge in [-0.15, -0.1) is 0 Å². The molecule has 3 fully saturated rings. The van der Waals surface area contributed by atoms with Gasteiger partial charge in [-0.05, 0) is 39.3 Å². The van der Waals surface area contributed by atoms with E-state index in [2.05, 4.69) is 14.9 Å². The number of hydrogen-bond donors (Lipinski definition) is 0. The van der Waals surface area contributed by atoms with Gasteiger partial charge in [-0.3, -0.25) is 0 Å². The molecule has 6 nitrogen and oxygen atoms in total. The maximum Gasteiger partial charge on any atom is 0.243 e. The molecule has 0 N–H and O–H groups in total. The highest BCUT2D eigenvalue weighted by Crippen LogP contribution is 2.38. The zero-order valence-corrected chi connectivity index (χ0v) is 15.5. The maximum atomic E-state index is 13.0. The SMILES string of the molecule is Cc1ccc(S(=O)(=O)N2C3CC2CN(c2cc(C)nc(C)n2)C3)cc1. The Balaban J connectivity index is 1.56. The van der Waals surface area contributed by atoms with Crippen LogP contribution >= 0.6 is 0 Å². The topological polar surface area (TPSA) is 66.4 Å². The number of piperazine rings is 1. The van der Waals surface area contributed by atoms with Crippen molar-refractivity contribution in [1.82, 2.24) is 14.3 Å². The van der Waals surface area contributed by atoms with Crippen LogP contribution in [0.4, 0.5) is 5.82 Å². The lowest BCUT2D eigenvalue weighted by Gasteiger charge is -2.55. The number of benzene rings is 1. The Bertz CT molecular complexity index is 879. The Labute approximate surface area is 148 Å². The minimum absolute atomic E-state index is 0.0145. The molecule has 4 heterocycles. The zero-order chi connectivity index (χ0) is 17.8. The summed E-state index contributed by atoms with van der Waals surface area (Å²) in [5.74, 6) is 1.64. The first-order valence-electron chi connectivity index (χ1n) is 8.52. The standard InChI is InChI=1S/C18H22N4O2S/c1-12-4-6-17(7-5-12)25(23,24)22-15-9-16(22)11-21(10-15)18-8-13(2)19-14(3)20-18/h4-8,15-16H,9-11H2,1-3H3. The number of fused-ring (bicyclic) bond motifs is 2. The van der Waals surface area contributed by atoms with E-state index in [1.165, 1.54) is 0 Å². The highest BCUT2D eigenvalue weighted by molar-refractivity contribution is 7.89. The number of aryl methyl sites for hydroxylation is 3. The van der Waals surface area contributed by atoms with Crippen LogP contribution in [0.1, 0.15) is 23.5 Å². The molecule has 3 aliphatic heterocycles. The molecule has 2 aromatic rings. The lowest BCUT2D eigenvalue weighted by molar-refractivity contribution is 0.0874. The molecule has 0 saturated carbocycles. The first-order chi connectivity index (χ1) is 11.8. The Morgan fingerprint density at radius 1 is 1.00 bits per heavy atom. The minimum Gasteiger partial charge on any atom is -0.353 e. The maximum absolute atomic E-state index is 13.0. The number of nitrogens with zero attached hydrogens (tertiary/aromatic N) is 4. The summed E-state index contributed by atoms with van der Waals surface area (Å²) in [4.78, 5) is 11.4. The number of anilines is 1. The van der Waals surface area contributed by atoms with Crippen molar-refractivity contribution >= 4 is 15.8 Å². The van der Waals surface area contributed by atoms with Crippen LogP contribution in [0, 0.1) is 20.8 Å². The summed E-state index contributed by atoms with van der Waals surface area (Å²) in [6, 6.07) is 9.10. The van der Waals surface area contributed by atoms with Gasteiger partial charge in [0.05, 0.1) is 4.90 Å². The van der Waals surface area contributed by atoms with Gasteiger partial charge in [0, 0.05) is 36.9 Å². The molecular weight excluding hydrogens is 336 g/mol. The predicted molar refractivity (Wildman–Crippen MR) is 96.1 cm³/mol. The first kappa shape index (κ1) is 16.5. The van der Waals surface area contributed by atoms with Gasteiger partial charge in [0.25, 0.3) is 0 Å². The van der Waals surface area contributed by atoms with Gasteiger partial charge in [-0.25, -0.2) is 18.4 Å². The number of hydrogen-bond acceptors (Lipinski definition) is 5. The normalized spacial score (nSPS) is 23.4. The lowest BCUT2D eigenvalue weighted by Crippen LogP contribution is -2.70. The van der Waals surface area contributed by atoms with Crippen LogP contribution < -0.4 is 4.90 Å². The van der Waals surface area contributed by atoms with Crippen LogP contribution in [0.3, 0.4) is 0 Å². The van der Waals surface area contributed by atoms with Crippen LogP contribution in [0.15, 0.2) is 35.2 Å². The van der Waals surface area contributed by atoms with Crippen molar-refractivity contribution in [3.05, 3.63) is 47.4 Å². The zero-order valence-electron chi connectivity index (χ0n) is 14.7. The average Bonchev–Trinajstić information content (AvgIpc) is 2.54. The Morgan fingerprint density at radius 2 is 1.64 bits per heavy atom. The van der Waals surface area contributed by atoms with Gasteiger partial charge in [-0.1, -0.05) is 17.7 Å². The molecule has 5 rings (SSSR count). The van der Waals surface area contributed by atoms with E-state index in [1.807, 2.05) is 39.0 Å². The molecule has 3 saturated heterocycles. The van der Waals surface area contributed by atoms with Crippen LogP contribution in [-0.2, 0) is 10.0 Å². The van der Waals surface area contributed by atoms with Crippen LogP contribution in [-0.4, -0.2) is 47.9 Å². The molecule has 7 heteroatoms. The van der Waals surface area contributed by atoms with Crippen molar-refractivity contribution in [2.24, 2.45) is 0 Å². The van der Waals surface area contributed by atoms with E-state index in [9.17, 15) is 8.42 Å². The smallest absolute Gasteiger partial charge is 0.243 e. The van der Waals surface area contributed by atoms with Gasteiger partial charge in [-0.2, -0.15) is 4.31 Å². The van der Waals surface area contributed by atoms with Crippen molar-refractivity contribution in [1.29, 1.82) is 0 Å². The Kier molecular flexibility index (Phi) is 3.81. The van der Waals surface area contributed by atoms with E-state index in [-0.39, 0.29) is 12.1 Å². The summed E-state index contributed by atoms with van der Waals surface area (Å²) < 4.78 is 27.6. The Morgan fingerprint density at radius 3 is 2.24 bits per heavy atom. The summed E-state index contributed by atoms with van der Waals surface area (Å²) in [5.41, 5.74) is 1.99. The van der Waals surface area contributed by atoms with E-state index in [0.717, 1.165) is 29.3 Å². The third-order valence-electron chi connectivity index (χ3n) is 5.00. The summed E-state index contributed by atoms with van der Waals surface area (Å²) >= 11 is 0. The van der Waals surface area contributed by atoms with Gasteiger partial charge in [0.15, 0.2) is 0 Å². The average molecular weight is 358 g/mol. The third kappa shape index (κ3) is 2.81. The van der Waals surface area contributed by atoms with Crippen LogP contribution in [0.2, 0.25) is 0 Å². The van der Waals surface area contributed by atoms with Gasteiger partial charge < -0.3 is 4.90 Å². The summed E-state index contributed by atoms with van der Waals surface area (Å²) in [7, 11) is -3.43. The molecule has 0 radical (unpaired) electrons. The number of rotatable bonds is 3. The molecule has 2 unspecified atom stereocenters. The van der Waals surface area contributed by atoms with Crippen molar-refractivity contribution in [3.63, 3.8) is 0 Å². The van der Waals surface area contributed by atoms with E-state index in [4.69, 9.17) is 0 Å². The molecule has 0 amide bonds. The monoisotopic (exact) mass is 358 g/mol. The first-order valence-corrected chi connectivity index (χ1v) is 9.96. The minimum atomic E-state index is -3.43. The number of piperidine rings is 1. The molecule has 0 spiro atoms. The largest absolute Gasteiger partial charge is 0.353 e. The predicted octanol–water partition coefficient (Wildman–Crippen LogP) is 2.05. The molecular formula is C18H22N4O2S. The van der Waals surface area contributed by atoms with Gasteiger partial charge in [0.2, 0.25) is 10.0 Å². The molecule has 2 bridgehead atoms. The summed E-state index contributed by atoms with van der Waals surface area (Å²) in [5, 5.41) is 0. The fourth-order valence-corrected chi connectivity index (χ4v) is 5.66. The number of sulfonamides is 1. The molecule has 132 valence electrons.